The highest BCUT2D eigenvalue weighted by Crippen LogP contribution is 2.33. The van der Waals surface area contributed by atoms with E-state index in [9.17, 15) is 9.90 Å². The van der Waals surface area contributed by atoms with E-state index < -0.39 is 0 Å². The van der Waals surface area contributed by atoms with Crippen molar-refractivity contribution >= 4 is 17.3 Å². The van der Waals surface area contributed by atoms with Crippen molar-refractivity contribution in [3.63, 3.8) is 0 Å². The molecular formula is C28H44N8O2. The van der Waals surface area contributed by atoms with Crippen molar-refractivity contribution in [1.29, 1.82) is 0 Å². The van der Waals surface area contributed by atoms with Gasteiger partial charge >= 0.3 is 0 Å². The standard InChI is InChI=1S/C28H44N8O2/c1-19-5-3-7-24(37)23-6-4-8-25(31-23)36-26-22(27(38)35(36)18-19)17-29-28(32-26)30-20-9-11-21(12-10-20)34-15-13-33(2)14-16-34/h5,9-12,22-26,28-32,37H,3-4,6-8,13-18H2,1-2H3/b19-5-. The maximum Gasteiger partial charge on any atom is 0.244 e. The number of piperidine rings is 1. The van der Waals surface area contributed by atoms with Crippen molar-refractivity contribution in [3.8, 4) is 0 Å². The monoisotopic (exact) mass is 524 g/mol. The maximum absolute atomic E-state index is 13.6. The number of aliphatic hydroxyl groups excluding tert-OH is 1. The molecule has 1 aromatic carbocycles. The molecule has 5 aliphatic heterocycles. The Kier molecular flexibility index (Phi) is 7.61. The van der Waals surface area contributed by atoms with Crippen molar-refractivity contribution in [2.45, 2.75) is 69.8 Å². The van der Waals surface area contributed by atoms with Gasteiger partial charge in [0.05, 0.1) is 30.9 Å². The molecule has 5 aliphatic rings. The average Bonchev–Trinajstić information content (AvgIpc) is 3.19. The van der Waals surface area contributed by atoms with Crippen molar-refractivity contribution in [1.82, 2.24) is 30.9 Å². The summed E-state index contributed by atoms with van der Waals surface area (Å²) in [5.41, 5.74) is 3.48. The number of carbonyl (C=O) groups excluding carboxylic acids is 1. The van der Waals surface area contributed by atoms with E-state index in [2.05, 4.69) is 80.4 Å². The van der Waals surface area contributed by atoms with Crippen LogP contribution in [0.4, 0.5) is 11.4 Å². The number of nitrogens with zero attached hydrogens (tertiary/aromatic N) is 4. The molecule has 38 heavy (non-hydrogen) atoms. The van der Waals surface area contributed by atoms with Crippen LogP contribution in [-0.2, 0) is 4.79 Å². The largest absolute Gasteiger partial charge is 0.391 e. The number of anilines is 2. The fraction of sp³-hybridized carbons (Fsp3) is 0.679. The molecule has 4 saturated heterocycles. The predicted molar refractivity (Wildman–Crippen MR) is 149 cm³/mol. The van der Waals surface area contributed by atoms with Crippen LogP contribution in [-0.4, -0.2) is 103 Å². The van der Waals surface area contributed by atoms with Crippen LogP contribution in [0.5, 0.6) is 0 Å². The Bertz CT molecular complexity index is 1010. The molecule has 208 valence electrons. The Balaban J connectivity index is 1.17. The van der Waals surface area contributed by atoms with Gasteiger partial charge in [-0.15, -0.1) is 0 Å². The fourth-order valence-electron chi connectivity index (χ4n) is 6.71. The summed E-state index contributed by atoms with van der Waals surface area (Å²) in [7, 11) is 2.18. The van der Waals surface area contributed by atoms with E-state index in [-0.39, 0.29) is 42.6 Å². The number of hydrazine groups is 1. The minimum Gasteiger partial charge on any atom is -0.391 e. The van der Waals surface area contributed by atoms with Gasteiger partial charge in [0.1, 0.15) is 6.29 Å². The lowest BCUT2D eigenvalue weighted by Crippen LogP contribution is -2.68. The van der Waals surface area contributed by atoms with Gasteiger partial charge in [-0.1, -0.05) is 11.6 Å². The molecule has 0 radical (unpaired) electrons. The van der Waals surface area contributed by atoms with Gasteiger partial charge in [0, 0.05) is 50.1 Å². The molecule has 10 nitrogen and oxygen atoms in total. The summed E-state index contributed by atoms with van der Waals surface area (Å²) in [6.07, 6.45) is 6.13. The second kappa shape index (κ2) is 11.1. The summed E-state index contributed by atoms with van der Waals surface area (Å²) in [4.78, 5) is 18.5. The number of piperazine rings is 1. The molecule has 2 bridgehead atoms. The lowest BCUT2D eigenvalue weighted by molar-refractivity contribution is -0.146. The Hall–Kier alpha value is -2.21. The van der Waals surface area contributed by atoms with Crippen LogP contribution in [0.25, 0.3) is 0 Å². The highest BCUT2D eigenvalue weighted by Gasteiger charge is 2.52. The van der Waals surface area contributed by atoms with Crippen LogP contribution < -0.4 is 26.2 Å². The first-order valence-corrected chi connectivity index (χ1v) is 14.5. The van der Waals surface area contributed by atoms with E-state index in [1.807, 2.05) is 5.01 Å². The van der Waals surface area contributed by atoms with Crippen LogP contribution in [0.2, 0.25) is 0 Å². The quantitative estimate of drug-likeness (QED) is 0.370. The molecule has 0 saturated carbocycles. The summed E-state index contributed by atoms with van der Waals surface area (Å²) < 4.78 is 0. The first-order valence-electron chi connectivity index (χ1n) is 14.5. The molecule has 0 spiro atoms. The van der Waals surface area contributed by atoms with Gasteiger partial charge in [-0.3, -0.25) is 25.8 Å². The molecule has 1 aromatic rings. The van der Waals surface area contributed by atoms with Gasteiger partial charge in [-0.05, 0) is 70.3 Å². The van der Waals surface area contributed by atoms with Gasteiger partial charge in [-0.25, -0.2) is 0 Å². The topological polar surface area (TPSA) is 98.4 Å². The van der Waals surface area contributed by atoms with Crippen LogP contribution in [0.1, 0.15) is 39.0 Å². The number of benzene rings is 1. The third-order valence-corrected chi connectivity index (χ3v) is 8.98. The molecule has 5 heterocycles. The second-order valence-electron chi connectivity index (χ2n) is 11.7. The van der Waals surface area contributed by atoms with Gasteiger partial charge in [-0.2, -0.15) is 5.01 Å². The molecule has 0 aromatic heterocycles. The minimum absolute atomic E-state index is 0.0161. The summed E-state index contributed by atoms with van der Waals surface area (Å²) in [5.74, 6) is 0.0111. The third kappa shape index (κ3) is 5.30. The number of likely N-dealkylation sites (N-methyl/N-ethyl adjacent to an activating group) is 1. The van der Waals surface area contributed by atoms with Gasteiger partial charge < -0.3 is 20.2 Å². The molecule has 6 unspecified atom stereocenters. The van der Waals surface area contributed by atoms with E-state index in [0.717, 1.165) is 64.0 Å². The zero-order chi connectivity index (χ0) is 26.2. The third-order valence-electron chi connectivity index (χ3n) is 8.98. The Morgan fingerprint density at radius 1 is 1.03 bits per heavy atom. The number of aliphatic hydroxyl groups is 1. The summed E-state index contributed by atoms with van der Waals surface area (Å²) >= 11 is 0. The van der Waals surface area contributed by atoms with E-state index in [4.69, 9.17) is 0 Å². The number of carbonyl (C=O) groups is 1. The van der Waals surface area contributed by atoms with Crippen LogP contribution in [0, 0.1) is 5.92 Å². The van der Waals surface area contributed by atoms with Crippen LogP contribution in [0.15, 0.2) is 35.9 Å². The number of rotatable bonds is 3. The van der Waals surface area contributed by atoms with Crippen molar-refractivity contribution < 1.29 is 9.90 Å². The SMILES string of the molecule is C/C1=C/CCC(O)C2CCCC(N2)N2C3NC(Nc4ccc(N5CCN(C)CC5)cc4)NCC3C(=O)N2C1. The van der Waals surface area contributed by atoms with E-state index in [1.165, 1.54) is 11.3 Å². The molecule has 6 atom stereocenters. The zero-order valence-electron chi connectivity index (χ0n) is 22.8. The molecule has 4 fully saturated rings. The normalized spacial score (nSPS) is 36.6. The summed E-state index contributed by atoms with van der Waals surface area (Å²) in [6, 6.07) is 8.74. The second-order valence-corrected chi connectivity index (χ2v) is 11.7. The smallest absolute Gasteiger partial charge is 0.244 e. The molecule has 0 aliphatic carbocycles. The van der Waals surface area contributed by atoms with Crippen molar-refractivity contribution in [3.05, 3.63) is 35.9 Å². The Morgan fingerprint density at radius 3 is 2.61 bits per heavy atom. The first kappa shape index (κ1) is 26.0. The minimum atomic E-state index is -0.369. The number of allylic oxidation sites excluding steroid dienone is 1. The first-order chi connectivity index (χ1) is 18.5. The lowest BCUT2D eigenvalue weighted by atomic mass is 9.94. The fourth-order valence-corrected chi connectivity index (χ4v) is 6.71. The summed E-state index contributed by atoms with van der Waals surface area (Å²) in [6.45, 7) is 7.60. The van der Waals surface area contributed by atoms with Crippen LogP contribution >= 0.6 is 0 Å². The van der Waals surface area contributed by atoms with Crippen LogP contribution in [0.3, 0.4) is 0 Å². The Labute approximate surface area is 226 Å². The number of fused-ring (bicyclic) bond motifs is 6. The molecule has 1 amide bonds. The highest BCUT2D eigenvalue weighted by atomic mass is 16.3. The number of amides is 1. The predicted octanol–water partition coefficient (Wildman–Crippen LogP) is 0.897. The molecule has 6 rings (SSSR count). The average molecular weight is 525 g/mol. The number of hydrogen-bond donors (Lipinski definition) is 5. The van der Waals surface area contributed by atoms with Crippen molar-refractivity contribution in [2.24, 2.45) is 5.92 Å². The van der Waals surface area contributed by atoms with Gasteiger partial charge in [0.15, 0.2) is 0 Å². The van der Waals surface area contributed by atoms with E-state index in [1.54, 1.807) is 0 Å². The molecule has 5 N–H and O–H groups in total. The van der Waals surface area contributed by atoms with E-state index in [0.29, 0.717) is 13.1 Å². The van der Waals surface area contributed by atoms with E-state index >= 15 is 0 Å². The summed E-state index contributed by atoms with van der Waals surface area (Å²) in [5, 5.41) is 29.6. The molecular weight excluding hydrogens is 480 g/mol. The van der Waals surface area contributed by atoms with Gasteiger partial charge in [0.2, 0.25) is 5.91 Å². The maximum atomic E-state index is 13.6. The van der Waals surface area contributed by atoms with Crippen molar-refractivity contribution in [2.75, 3.05) is 56.5 Å². The zero-order valence-corrected chi connectivity index (χ0v) is 22.8. The highest BCUT2D eigenvalue weighted by molar-refractivity contribution is 5.82. The van der Waals surface area contributed by atoms with Gasteiger partial charge in [0.25, 0.3) is 0 Å². The Morgan fingerprint density at radius 2 is 1.82 bits per heavy atom. The number of nitrogens with one attached hydrogen (secondary N) is 4. The molecule has 10 heteroatoms. The lowest BCUT2D eigenvalue weighted by Gasteiger charge is -2.45. The number of hydrogen-bond acceptors (Lipinski definition) is 9.